The molecule has 0 spiro atoms. The fraction of sp³-hybridized carbons (Fsp3) is 0.111. The van der Waals surface area contributed by atoms with Crippen LogP contribution in [0.2, 0.25) is 0 Å². The van der Waals surface area contributed by atoms with Crippen molar-refractivity contribution in [3.63, 3.8) is 0 Å². The highest BCUT2D eigenvalue weighted by atomic mass is 15.4. The smallest absolute Gasteiger partial charge is 0.113 e. The Kier molecular flexibility index (Phi) is 3.52. The van der Waals surface area contributed by atoms with E-state index in [9.17, 15) is 0 Å². The predicted octanol–water partition coefficient (Wildman–Crippen LogP) is 2.60. The van der Waals surface area contributed by atoms with Gasteiger partial charge in [0.1, 0.15) is 5.52 Å². The number of fused-ring (bicyclic) bond motifs is 1. The van der Waals surface area contributed by atoms with Gasteiger partial charge in [0.2, 0.25) is 0 Å². The van der Waals surface area contributed by atoms with Crippen LogP contribution < -0.4 is 0 Å². The van der Waals surface area contributed by atoms with Crippen molar-refractivity contribution in [1.29, 1.82) is 5.26 Å². The monoisotopic (exact) mass is 314 g/mol. The molecule has 0 bridgehead atoms. The summed E-state index contributed by atoms with van der Waals surface area (Å²) in [6.45, 7) is 1.31. The Morgan fingerprint density at radius 2 is 1.83 bits per heavy atom. The van der Waals surface area contributed by atoms with E-state index in [-0.39, 0.29) is 0 Å². The Balaban J connectivity index is 1.59. The first-order chi connectivity index (χ1) is 11.8. The molecule has 2 heterocycles. The van der Waals surface area contributed by atoms with Gasteiger partial charge >= 0.3 is 0 Å². The lowest BCUT2D eigenvalue weighted by molar-refractivity contribution is 0.623. The summed E-state index contributed by atoms with van der Waals surface area (Å²) in [5.41, 5.74) is 4.73. The number of nitrogens with zero attached hydrogens (tertiary/aromatic N) is 6. The first-order valence-electron chi connectivity index (χ1n) is 7.60. The van der Waals surface area contributed by atoms with E-state index >= 15 is 0 Å². The van der Waals surface area contributed by atoms with E-state index in [1.54, 1.807) is 0 Å². The van der Waals surface area contributed by atoms with Gasteiger partial charge in [-0.25, -0.2) is 9.67 Å². The lowest BCUT2D eigenvalue weighted by Gasteiger charge is -2.09. The molecule has 0 aliphatic carbocycles. The minimum atomic E-state index is 0.608. The predicted molar refractivity (Wildman–Crippen MR) is 89.1 cm³/mol. The number of nitriles is 1. The van der Waals surface area contributed by atoms with Gasteiger partial charge in [0.25, 0.3) is 0 Å². The Hall–Kier alpha value is -3.46. The third-order valence-electron chi connectivity index (χ3n) is 3.97. The molecule has 0 aliphatic heterocycles. The number of benzene rings is 2. The van der Waals surface area contributed by atoms with E-state index in [1.165, 1.54) is 0 Å². The van der Waals surface area contributed by atoms with E-state index in [0.717, 1.165) is 22.3 Å². The number of aromatic nitrogens is 5. The van der Waals surface area contributed by atoms with Gasteiger partial charge in [0.15, 0.2) is 0 Å². The second kappa shape index (κ2) is 5.97. The normalized spacial score (nSPS) is 10.8. The van der Waals surface area contributed by atoms with E-state index in [0.29, 0.717) is 18.7 Å². The maximum absolute atomic E-state index is 8.88. The Morgan fingerprint density at radius 1 is 1.00 bits per heavy atom. The van der Waals surface area contributed by atoms with Crippen molar-refractivity contribution in [2.24, 2.45) is 0 Å². The van der Waals surface area contributed by atoms with Gasteiger partial charge in [-0.3, -0.25) is 0 Å². The van der Waals surface area contributed by atoms with Crippen molar-refractivity contribution in [3.05, 3.63) is 77.9 Å². The summed E-state index contributed by atoms with van der Waals surface area (Å²) in [6.07, 6.45) is 3.66. The number of para-hydroxylation sites is 1. The molecule has 0 fully saturated rings. The summed E-state index contributed by atoms with van der Waals surface area (Å²) in [5, 5.41) is 17.3. The zero-order valence-electron chi connectivity index (χ0n) is 12.9. The van der Waals surface area contributed by atoms with Crippen molar-refractivity contribution in [2.45, 2.75) is 13.1 Å². The molecule has 24 heavy (non-hydrogen) atoms. The van der Waals surface area contributed by atoms with E-state index in [2.05, 4.69) is 25.9 Å². The minimum Gasteiger partial charge on any atom is -0.328 e. The van der Waals surface area contributed by atoms with Gasteiger partial charge in [-0.1, -0.05) is 29.5 Å². The van der Waals surface area contributed by atoms with Crippen LogP contribution in [-0.4, -0.2) is 24.5 Å². The second-order valence-electron chi connectivity index (χ2n) is 5.56. The molecule has 116 valence electrons. The number of rotatable bonds is 4. The molecule has 0 aliphatic rings. The average Bonchev–Trinajstić information content (AvgIpc) is 3.24. The topological polar surface area (TPSA) is 72.3 Å². The van der Waals surface area contributed by atoms with Crippen LogP contribution >= 0.6 is 0 Å². The average molecular weight is 314 g/mol. The van der Waals surface area contributed by atoms with Crippen LogP contribution in [0.3, 0.4) is 0 Å². The molecule has 6 heteroatoms. The molecule has 6 nitrogen and oxygen atoms in total. The lowest BCUT2D eigenvalue weighted by Crippen LogP contribution is -2.09. The first-order valence-corrected chi connectivity index (χ1v) is 7.60. The van der Waals surface area contributed by atoms with Crippen molar-refractivity contribution < 1.29 is 0 Å². The van der Waals surface area contributed by atoms with Crippen molar-refractivity contribution >= 4 is 11.0 Å². The summed E-state index contributed by atoms with van der Waals surface area (Å²) in [7, 11) is 0. The largest absolute Gasteiger partial charge is 0.328 e. The zero-order valence-corrected chi connectivity index (χ0v) is 12.9. The molecule has 0 atom stereocenters. The SMILES string of the molecule is N#Cc1ccc(Cn2cncc2Cn2nnc3ccccc32)cc1. The number of hydrogen-bond donors (Lipinski definition) is 0. The summed E-state index contributed by atoms with van der Waals surface area (Å²) >= 11 is 0. The summed E-state index contributed by atoms with van der Waals surface area (Å²) in [6, 6.07) is 17.6. The molecular formula is C18H14N6. The summed E-state index contributed by atoms with van der Waals surface area (Å²) in [5.74, 6) is 0. The molecule has 0 amide bonds. The molecule has 0 saturated carbocycles. The number of imidazole rings is 1. The third-order valence-corrected chi connectivity index (χ3v) is 3.97. The summed E-state index contributed by atoms with van der Waals surface area (Å²) < 4.78 is 3.96. The Bertz CT molecular complexity index is 1020. The van der Waals surface area contributed by atoms with Gasteiger partial charge in [-0.15, -0.1) is 5.10 Å². The maximum atomic E-state index is 8.88. The van der Waals surface area contributed by atoms with Gasteiger partial charge in [-0.05, 0) is 29.8 Å². The standard InChI is InChI=1S/C18H14N6/c19-9-14-5-7-15(8-6-14)11-23-13-20-10-16(23)12-24-18-4-2-1-3-17(18)21-22-24/h1-8,10,13H,11-12H2. The van der Waals surface area contributed by atoms with Crippen LogP contribution in [0.5, 0.6) is 0 Å². The lowest BCUT2D eigenvalue weighted by atomic mass is 10.1. The number of hydrogen-bond acceptors (Lipinski definition) is 4. The van der Waals surface area contributed by atoms with E-state index in [4.69, 9.17) is 5.26 Å². The molecule has 0 N–H and O–H groups in total. The Labute approximate surface area is 138 Å². The minimum absolute atomic E-state index is 0.608. The highest BCUT2D eigenvalue weighted by Gasteiger charge is 2.08. The van der Waals surface area contributed by atoms with E-state index in [1.807, 2.05) is 65.7 Å². The first kappa shape index (κ1) is 14.2. The van der Waals surface area contributed by atoms with Crippen LogP contribution in [0.25, 0.3) is 11.0 Å². The highest BCUT2D eigenvalue weighted by Crippen LogP contribution is 2.13. The van der Waals surface area contributed by atoms with Crippen LogP contribution in [-0.2, 0) is 13.1 Å². The van der Waals surface area contributed by atoms with E-state index < -0.39 is 0 Å². The van der Waals surface area contributed by atoms with Crippen LogP contribution in [0, 0.1) is 11.3 Å². The van der Waals surface area contributed by atoms with Gasteiger partial charge < -0.3 is 4.57 Å². The van der Waals surface area contributed by atoms with Crippen LogP contribution in [0.4, 0.5) is 0 Å². The fourth-order valence-electron chi connectivity index (χ4n) is 2.69. The van der Waals surface area contributed by atoms with Crippen LogP contribution in [0.15, 0.2) is 61.1 Å². The van der Waals surface area contributed by atoms with Crippen molar-refractivity contribution in [1.82, 2.24) is 24.5 Å². The fourth-order valence-corrected chi connectivity index (χ4v) is 2.69. The highest BCUT2D eigenvalue weighted by molar-refractivity contribution is 5.73. The summed E-state index contributed by atoms with van der Waals surface area (Å²) in [4.78, 5) is 4.26. The van der Waals surface area contributed by atoms with Gasteiger partial charge in [0.05, 0.1) is 41.9 Å². The molecule has 4 aromatic rings. The quantitative estimate of drug-likeness (QED) is 0.580. The maximum Gasteiger partial charge on any atom is 0.113 e. The molecule has 0 saturated heterocycles. The molecule has 4 rings (SSSR count). The molecule has 2 aromatic heterocycles. The molecule has 0 unspecified atom stereocenters. The second-order valence-corrected chi connectivity index (χ2v) is 5.56. The molecular weight excluding hydrogens is 300 g/mol. The Morgan fingerprint density at radius 3 is 2.67 bits per heavy atom. The van der Waals surface area contributed by atoms with Crippen molar-refractivity contribution in [2.75, 3.05) is 0 Å². The molecule has 2 aromatic carbocycles. The zero-order chi connectivity index (χ0) is 16.4. The van der Waals surface area contributed by atoms with Crippen molar-refractivity contribution in [3.8, 4) is 6.07 Å². The third kappa shape index (κ3) is 2.63. The van der Waals surface area contributed by atoms with Crippen LogP contribution in [0.1, 0.15) is 16.8 Å². The molecule has 0 radical (unpaired) electrons. The van der Waals surface area contributed by atoms with Gasteiger partial charge in [-0.2, -0.15) is 5.26 Å². The van der Waals surface area contributed by atoms with Gasteiger partial charge in [0, 0.05) is 6.54 Å².